The third-order valence-electron chi connectivity index (χ3n) is 5.10. The number of amides is 2. The van der Waals surface area contributed by atoms with Crippen molar-refractivity contribution in [3.63, 3.8) is 0 Å². The predicted octanol–water partition coefficient (Wildman–Crippen LogP) is 2.74. The van der Waals surface area contributed by atoms with Crippen LogP contribution in [0, 0.1) is 6.92 Å². The molecule has 1 aliphatic carbocycles. The van der Waals surface area contributed by atoms with Crippen molar-refractivity contribution in [2.75, 3.05) is 17.2 Å². The molecule has 0 radical (unpaired) electrons. The maximum Gasteiger partial charge on any atom is 0.262 e. The molecule has 1 saturated carbocycles. The Bertz CT molecular complexity index is 1150. The molecule has 142 valence electrons. The summed E-state index contributed by atoms with van der Waals surface area (Å²) in [7, 11) is 1.84. The zero-order valence-corrected chi connectivity index (χ0v) is 15.6. The number of fused-ring (bicyclic) bond motifs is 2. The second-order valence-corrected chi connectivity index (χ2v) is 7.28. The Balaban J connectivity index is 1.52. The number of aryl methyl sites for hydroxylation is 2. The fourth-order valence-corrected chi connectivity index (χ4v) is 3.59. The average Bonchev–Trinajstić information content (AvgIpc) is 3.47. The van der Waals surface area contributed by atoms with E-state index in [0.29, 0.717) is 28.6 Å². The molecule has 1 fully saturated rings. The first kappa shape index (κ1) is 16.7. The minimum absolute atomic E-state index is 0.00205. The maximum absolute atomic E-state index is 13.1. The summed E-state index contributed by atoms with van der Waals surface area (Å²) in [5, 5.41) is 10.9. The van der Waals surface area contributed by atoms with Gasteiger partial charge in [0, 0.05) is 24.3 Å². The number of carbonyl (C=O) groups excluding carboxylic acids is 2. The highest BCUT2D eigenvalue weighted by Crippen LogP contribution is 2.40. The first-order chi connectivity index (χ1) is 13.5. The van der Waals surface area contributed by atoms with Crippen LogP contribution in [0.4, 0.5) is 11.4 Å². The first-order valence-electron chi connectivity index (χ1n) is 9.22. The van der Waals surface area contributed by atoms with Crippen LogP contribution in [0.1, 0.15) is 40.5 Å². The maximum atomic E-state index is 13.1. The van der Waals surface area contributed by atoms with Crippen LogP contribution in [0.25, 0.3) is 11.0 Å². The van der Waals surface area contributed by atoms with Gasteiger partial charge in [-0.05, 0) is 44.0 Å². The number of hydrogen-bond acceptors (Lipinski definition) is 5. The molecule has 1 aromatic carbocycles. The van der Waals surface area contributed by atoms with Crippen LogP contribution in [0.15, 0.2) is 24.3 Å². The Hall–Kier alpha value is -3.42. The van der Waals surface area contributed by atoms with E-state index in [1.54, 1.807) is 22.9 Å². The van der Waals surface area contributed by atoms with Crippen molar-refractivity contribution in [1.82, 2.24) is 14.8 Å². The van der Waals surface area contributed by atoms with E-state index in [0.717, 1.165) is 35.3 Å². The molecule has 2 amide bonds. The van der Waals surface area contributed by atoms with E-state index in [4.69, 9.17) is 9.72 Å². The Kier molecular flexibility index (Phi) is 3.61. The van der Waals surface area contributed by atoms with Crippen LogP contribution >= 0.6 is 0 Å². The summed E-state index contributed by atoms with van der Waals surface area (Å²) in [6.45, 7) is 1.88. The molecule has 2 aliphatic rings. The molecule has 0 saturated heterocycles. The highest BCUT2D eigenvalue weighted by Gasteiger charge is 2.28. The molecule has 3 heterocycles. The van der Waals surface area contributed by atoms with Gasteiger partial charge < -0.3 is 15.4 Å². The molecule has 0 bridgehead atoms. The number of nitrogens with zero attached hydrogens (tertiary/aromatic N) is 3. The van der Waals surface area contributed by atoms with Gasteiger partial charge in [-0.3, -0.25) is 14.3 Å². The van der Waals surface area contributed by atoms with E-state index in [1.165, 1.54) is 0 Å². The molecular weight excluding hydrogens is 358 g/mol. The number of hydrogen-bond donors (Lipinski definition) is 2. The monoisotopic (exact) mass is 377 g/mol. The smallest absolute Gasteiger partial charge is 0.262 e. The molecule has 3 aromatic rings. The van der Waals surface area contributed by atoms with Crippen LogP contribution in [0.3, 0.4) is 0 Å². The van der Waals surface area contributed by atoms with Crippen molar-refractivity contribution in [3.8, 4) is 5.75 Å². The summed E-state index contributed by atoms with van der Waals surface area (Å²) < 4.78 is 7.08. The van der Waals surface area contributed by atoms with Gasteiger partial charge in [-0.25, -0.2) is 4.98 Å². The van der Waals surface area contributed by atoms with Gasteiger partial charge >= 0.3 is 0 Å². The molecule has 2 N–H and O–H groups in total. The normalized spacial score (nSPS) is 15.7. The molecule has 8 heteroatoms. The minimum Gasteiger partial charge on any atom is -0.482 e. The largest absolute Gasteiger partial charge is 0.482 e. The number of benzene rings is 1. The second-order valence-electron chi connectivity index (χ2n) is 7.28. The topological polar surface area (TPSA) is 98.1 Å². The first-order valence-corrected chi connectivity index (χ1v) is 9.22. The van der Waals surface area contributed by atoms with E-state index in [9.17, 15) is 9.59 Å². The van der Waals surface area contributed by atoms with Crippen molar-refractivity contribution in [2.45, 2.75) is 25.7 Å². The van der Waals surface area contributed by atoms with E-state index >= 15 is 0 Å². The molecule has 5 rings (SSSR count). The molecule has 28 heavy (non-hydrogen) atoms. The van der Waals surface area contributed by atoms with Crippen LogP contribution in [0.2, 0.25) is 0 Å². The summed E-state index contributed by atoms with van der Waals surface area (Å²) in [4.78, 5) is 29.4. The fourth-order valence-electron chi connectivity index (χ4n) is 3.59. The van der Waals surface area contributed by atoms with Gasteiger partial charge in [0.15, 0.2) is 12.3 Å². The zero-order chi connectivity index (χ0) is 19.4. The Morgan fingerprint density at radius 3 is 2.93 bits per heavy atom. The van der Waals surface area contributed by atoms with E-state index in [-0.39, 0.29) is 18.4 Å². The molecule has 8 nitrogen and oxygen atoms in total. The molecule has 2 aromatic heterocycles. The number of pyridine rings is 1. The van der Waals surface area contributed by atoms with E-state index in [1.807, 2.05) is 20.0 Å². The van der Waals surface area contributed by atoms with Crippen molar-refractivity contribution in [2.24, 2.45) is 7.05 Å². The molecule has 0 spiro atoms. The third kappa shape index (κ3) is 2.77. The summed E-state index contributed by atoms with van der Waals surface area (Å²) in [6, 6.07) is 7.07. The lowest BCUT2D eigenvalue weighted by atomic mass is 10.1. The van der Waals surface area contributed by atoms with Gasteiger partial charge in [0.05, 0.1) is 22.3 Å². The standard InChI is InChI=1S/C20H19N5O3/c1-10-18-13(8-14(11-3-4-11)23-19(18)25(2)24-10)20(27)21-12-5-6-16-15(7-12)22-17(26)9-28-16/h5-8,11H,3-4,9H2,1-2H3,(H,21,27)(H,22,26). The number of carbonyl (C=O) groups is 2. The lowest BCUT2D eigenvalue weighted by Gasteiger charge is -2.18. The van der Waals surface area contributed by atoms with Crippen molar-refractivity contribution < 1.29 is 14.3 Å². The van der Waals surface area contributed by atoms with Crippen molar-refractivity contribution >= 4 is 34.2 Å². The molecule has 0 atom stereocenters. The van der Waals surface area contributed by atoms with Gasteiger partial charge in [0.25, 0.3) is 11.8 Å². The van der Waals surface area contributed by atoms with Gasteiger partial charge in [-0.2, -0.15) is 5.10 Å². The van der Waals surface area contributed by atoms with Gasteiger partial charge in [0.2, 0.25) is 0 Å². The van der Waals surface area contributed by atoms with E-state index < -0.39 is 0 Å². The lowest BCUT2D eigenvalue weighted by Crippen LogP contribution is -2.25. The van der Waals surface area contributed by atoms with Gasteiger partial charge in [0.1, 0.15) is 5.75 Å². The number of aromatic nitrogens is 3. The summed E-state index contributed by atoms with van der Waals surface area (Å²) in [5.41, 5.74) is 4.11. The van der Waals surface area contributed by atoms with Crippen LogP contribution in [-0.4, -0.2) is 33.2 Å². The molecule has 1 aliphatic heterocycles. The van der Waals surface area contributed by atoms with E-state index in [2.05, 4.69) is 15.7 Å². The highest BCUT2D eigenvalue weighted by molar-refractivity contribution is 6.13. The average molecular weight is 377 g/mol. The quantitative estimate of drug-likeness (QED) is 0.731. The Morgan fingerprint density at radius 2 is 2.14 bits per heavy atom. The number of nitrogens with one attached hydrogen (secondary N) is 2. The van der Waals surface area contributed by atoms with Crippen LogP contribution in [0.5, 0.6) is 5.75 Å². The minimum atomic E-state index is -0.228. The zero-order valence-electron chi connectivity index (χ0n) is 15.6. The molecule has 0 unspecified atom stereocenters. The SMILES string of the molecule is Cc1nn(C)c2nc(C3CC3)cc(C(=O)Nc3ccc4c(c3)NC(=O)CO4)c12. The summed E-state index contributed by atoms with van der Waals surface area (Å²) in [5.74, 6) is 0.561. The highest BCUT2D eigenvalue weighted by atomic mass is 16.5. The number of rotatable bonds is 3. The van der Waals surface area contributed by atoms with Crippen LogP contribution < -0.4 is 15.4 Å². The van der Waals surface area contributed by atoms with Crippen molar-refractivity contribution in [1.29, 1.82) is 0 Å². The molecular formula is C20H19N5O3. The third-order valence-corrected chi connectivity index (χ3v) is 5.10. The summed E-state index contributed by atoms with van der Waals surface area (Å²) >= 11 is 0. The Labute approximate surface area is 160 Å². The van der Waals surface area contributed by atoms with Crippen LogP contribution in [-0.2, 0) is 11.8 Å². The second kappa shape index (κ2) is 6.05. The fraction of sp³-hybridized carbons (Fsp3) is 0.300. The summed E-state index contributed by atoms with van der Waals surface area (Å²) in [6.07, 6.45) is 2.20. The van der Waals surface area contributed by atoms with Gasteiger partial charge in [-0.15, -0.1) is 0 Å². The number of ether oxygens (including phenoxy) is 1. The number of anilines is 2. The predicted molar refractivity (Wildman–Crippen MR) is 104 cm³/mol. The van der Waals surface area contributed by atoms with Gasteiger partial charge in [-0.1, -0.05) is 0 Å². The lowest BCUT2D eigenvalue weighted by molar-refractivity contribution is -0.118. The Morgan fingerprint density at radius 1 is 1.32 bits per heavy atom. The van der Waals surface area contributed by atoms with Crippen molar-refractivity contribution in [3.05, 3.63) is 41.2 Å².